The van der Waals surface area contributed by atoms with Crippen LogP contribution in [0.5, 0.6) is 0 Å². The van der Waals surface area contributed by atoms with Gasteiger partial charge >= 0.3 is 5.97 Å². The van der Waals surface area contributed by atoms with Gasteiger partial charge in [-0.1, -0.05) is 35.5 Å². The summed E-state index contributed by atoms with van der Waals surface area (Å²) < 4.78 is 4.65. The van der Waals surface area contributed by atoms with Gasteiger partial charge in [-0.15, -0.1) is 0 Å². The highest BCUT2D eigenvalue weighted by molar-refractivity contribution is 6.32. The number of carboxylic acids is 1. The Bertz CT molecular complexity index is 493. The first-order valence-electron chi connectivity index (χ1n) is 4.14. The summed E-state index contributed by atoms with van der Waals surface area (Å²) in [6.07, 6.45) is 0. The molecule has 0 aliphatic carbocycles. The smallest absolute Gasteiger partial charge is 0.342 e. The molecule has 0 radical (unpaired) electrons. The van der Waals surface area contributed by atoms with Crippen molar-refractivity contribution in [3.63, 3.8) is 0 Å². The molecule has 0 spiro atoms. The molecule has 1 aromatic heterocycles. The van der Waals surface area contributed by atoms with E-state index in [4.69, 9.17) is 16.7 Å². The molecule has 76 valence electrons. The van der Waals surface area contributed by atoms with Gasteiger partial charge in [0.15, 0.2) is 0 Å². The fourth-order valence-corrected chi connectivity index (χ4v) is 1.45. The lowest BCUT2D eigenvalue weighted by molar-refractivity contribution is 0.0697. The number of rotatable bonds is 2. The van der Waals surface area contributed by atoms with Crippen LogP contribution in [0.2, 0.25) is 5.22 Å². The number of nitrogens with zero attached hydrogens (tertiary/aromatic N) is 1. The highest BCUT2D eigenvalue weighted by Crippen LogP contribution is 2.28. The Morgan fingerprint density at radius 1 is 1.33 bits per heavy atom. The molecular weight excluding hydrogens is 218 g/mol. The second kappa shape index (κ2) is 3.74. The number of hydrogen-bond acceptors (Lipinski definition) is 3. The SMILES string of the molecule is O=C(O)c1c(-c2ccccc2)noc1Cl. The van der Waals surface area contributed by atoms with Crippen molar-refractivity contribution in [1.82, 2.24) is 5.16 Å². The van der Waals surface area contributed by atoms with Crippen LogP contribution in [0, 0.1) is 0 Å². The minimum atomic E-state index is -1.15. The summed E-state index contributed by atoms with van der Waals surface area (Å²) in [4.78, 5) is 10.9. The van der Waals surface area contributed by atoms with E-state index < -0.39 is 5.97 Å². The summed E-state index contributed by atoms with van der Waals surface area (Å²) in [6, 6.07) is 8.86. The lowest BCUT2D eigenvalue weighted by atomic mass is 10.1. The maximum Gasteiger partial charge on any atom is 0.342 e. The lowest BCUT2D eigenvalue weighted by Crippen LogP contribution is -1.97. The average Bonchev–Trinajstić information content (AvgIpc) is 2.61. The largest absolute Gasteiger partial charge is 0.477 e. The molecule has 2 rings (SSSR count). The topological polar surface area (TPSA) is 63.3 Å². The van der Waals surface area contributed by atoms with E-state index in [-0.39, 0.29) is 16.5 Å². The molecule has 0 atom stereocenters. The van der Waals surface area contributed by atoms with Crippen molar-refractivity contribution in [1.29, 1.82) is 0 Å². The predicted molar refractivity (Wildman–Crippen MR) is 53.9 cm³/mol. The Hall–Kier alpha value is -1.81. The van der Waals surface area contributed by atoms with Gasteiger partial charge in [0.25, 0.3) is 0 Å². The van der Waals surface area contributed by atoms with Crippen molar-refractivity contribution in [2.75, 3.05) is 0 Å². The third kappa shape index (κ3) is 1.71. The zero-order valence-corrected chi connectivity index (χ0v) is 8.23. The van der Waals surface area contributed by atoms with E-state index in [1.54, 1.807) is 24.3 Å². The number of benzene rings is 1. The van der Waals surface area contributed by atoms with Crippen molar-refractivity contribution in [3.8, 4) is 11.3 Å². The van der Waals surface area contributed by atoms with Gasteiger partial charge < -0.3 is 9.63 Å². The fraction of sp³-hybridized carbons (Fsp3) is 0. The van der Waals surface area contributed by atoms with Crippen LogP contribution in [-0.4, -0.2) is 16.2 Å². The second-order valence-corrected chi connectivity index (χ2v) is 3.19. The van der Waals surface area contributed by atoms with Crippen LogP contribution in [-0.2, 0) is 0 Å². The number of carbonyl (C=O) groups is 1. The van der Waals surface area contributed by atoms with E-state index >= 15 is 0 Å². The van der Waals surface area contributed by atoms with Crippen molar-refractivity contribution in [3.05, 3.63) is 41.1 Å². The molecule has 0 saturated heterocycles. The van der Waals surface area contributed by atoms with E-state index in [1.165, 1.54) is 0 Å². The molecule has 0 saturated carbocycles. The van der Waals surface area contributed by atoms with Crippen LogP contribution < -0.4 is 0 Å². The summed E-state index contributed by atoms with van der Waals surface area (Å²) in [7, 11) is 0. The van der Waals surface area contributed by atoms with Gasteiger partial charge in [0.1, 0.15) is 11.3 Å². The monoisotopic (exact) mass is 223 g/mol. The molecule has 1 heterocycles. The van der Waals surface area contributed by atoms with Crippen LogP contribution in [0.1, 0.15) is 10.4 Å². The number of hydrogen-bond donors (Lipinski definition) is 1. The maximum atomic E-state index is 10.9. The summed E-state index contributed by atoms with van der Waals surface area (Å²) in [5, 5.41) is 12.3. The van der Waals surface area contributed by atoms with Gasteiger partial charge in [-0.3, -0.25) is 0 Å². The van der Waals surface area contributed by atoms with Crippen LogP contribution in [0.25, 0.3) is 11.3 Å². The van der Waals surface area contributed by atoms with Crippen molar-refractivity contribution >= 4 is 17.6 Å². The van der Waals surface area contributed by atoms with Crippen molar-refractivity contribution in [2.45, 2.75) is 0 Å². The summed E-state index contributed by atoms with van der Waals surface area (Å²) in [6.45, 7) is 0. The van der Waals surface area contributed by atoms with Crippen molar-refractivity contribution < 1.29 is 14.4 Å². The van der Waals surface area contributed by atoms with Crippen LogP contribution >= 0.6 is 11.6 Å². The molecule has 0 unspecified atom stereocenters. The van der Waals surface area contributed by atoms with Gasteiger partial charge in [0.05, 0.1) is 0 Å². The Morgan fingerprint density at radius 3 is 2.60 bits per heavy atom. The zero-order valence-electron chi connectivity index (χ0n) is 7.48. The number of carboxylic acid groups (broad SMARTS) is 1. The van der Waals surface area contributed by atoms with Crippen LogP contribution in [0.15, 0.2) is 34.9 Å². The van der Waals surface area contributed by atoms with E-state index in [0.717, 1.165) is 0 Å². The Morgan fingerprint density at radius 2 is 2.00 bits per heavy atom. The molecule has 0 amide bonds. The average molecular weight is 224 g/mol. The zero-order chi connectivity index (χ0) is 10.8. The maximum absolute atomic E-state index is 10.9. The van der Waals surface area contributed by atoms with E-state index in [2.05, 4.69) is 9.68 Å². The Kier molecular flexibility index (Phi) is 2.43. The summed E-state index contributed by atoms with van der Waals surface area (Å²) >= 11 is 5.58. The molecule has 1 aromatic carbocycles. The fourth-order valence-electron chi connectivity index (χ4n) is 1.25. The van der Waals surface area contributed by atoms with Crippen LogP contribution in [0.4, 0.5) is 0 Å². The first-order valence-corrected chi connectivity index (χ1v) is 4.52. The van der Waals surface area contributed by atoms with Gasteiger partial charge in [0.2, 0.25) is 5.22 Å². The molecule has 0 fully saturated rings. The minimum absolute atomic E-state index is 0.108. The van der Waals surface area contributed by atoms with Crippen molar-refractivity contribution in [2.24, 2.45) is 0 Å². The summed E-state index contributed by atoms with van der Waals surface area (Å²) in [5.74, 6) is -1.15. The standard InChI is InChI=1S/C10H6ClNO3/c11-9-7(10(13)14)8(12-15-9)6-4-2-1-3-5-6/h1-5H,(H,13,14). The van der Waals surface area contributed by atoms with E-state index in [9.17, 15) is 4.79 Å². The minimum Gasteiger partial charge on any atom is -0.477 e. The lowest BCUT2D eigenvalue weighted by Gasteiger charge is -1.96. The van der Waals surface area contributed by atoms with E-state index in [1.807, 2.05) is 6.07 Å². The van der Waals surface area contributed by atoms with Gasteiger partial charge in [0, 0.05) is 5.56 Å². The molecule has 0 bridgehead atoms. The third-order valence-electron chi connectivity index (χ3n) is 1.91. The second-order valence-electron chi connectivity index (χ2n) is 2.85. The van der Waals surface area contributed by atoms with E-state index in [0.29, 0.717) is 5.56 Å². The number of halogens is 1. The highest BCUT2D eigenvalue weighted by atomic mass is 35.5. The highest BCUT2D eigenvalue weighted by Gasteiger charge is 2.21. The van der Waals surface area contributed by atoms with Gasteiger partial charge in [-0.25, -0.2) is 4.79 Å². The molecule has 2 aromatic rings. The molecule has 1 N–H and O–H groups in total. The first-order chi connectivity index (χ1) is 7.20. The molecule has 15 heavy (non-hydrogen) atoms. The number of aromatic carboxylic acids is 1. The molecular formula is C10H6ClNO3. The summed E-state index contributed by atoms with van der Waals surface area (Å²) in [5.41, 5.74) is 0.793. The molecule has 0 aliphatic heterocycles. The van der Waals surface area contributed by atoms with Gasteiger partial charge in [-0.05, 0) is 11.6 Å². The Balaban J connectivity index is 2.59. The molecule has 0 aliphatic rings. The Labute approximate surface area is 90.1 Å². The molecule has 4 nitrogen and oxygen atoms in total. The molecule has 5 heteroatoms. The first kappa shape index (κ1) is 9.73. The third-order valence-corrected chi connectivity index (χ3v) is 2.17. The normalized spacial score (nSPS) is 10.2. The quantitative estimate of drug-likeness (QED) is 0.850. The van der Waals surface area contributed by atoms with Crippen LogP contribution in [0.3, 0.4) is 0 Å². The number of aromatic nitrogens is 1. The van der Waals surface area contributed by atoms with Gasteiger partial charge in [-0.2, -0.15) is 0 Å². The predicted octanol–water partition coefficient (Wildman–Crippen LogP) is 2.69.